The van der Waals surface area contributed by atoms with Crippen molar-refractivity contribution >= 4 is 11.9 Å². The van der Waals surface area contributed by atoms with Crippen LogP contribution >= 0.6 is 0 Å². The van der Waals surface area contributed by atoms with Gasteiger partial charge < -0.3 is 14.5 Å². The zero-order valence-electron chi connectivity index (χ0n) is 15.8. The molecule has 0 unspecified atom stereocenters. The molecule has 3 heterocycles. The maximum atomic E-state index is 12.1. The van der Waals surface area contributed by atoms with Gasteiger partial charge in [-0.2, -0.15) is 0 Å². The third-order valence-corrected chi connectivity index (χ3v) is 5.10. The second kappa shape index (κ2) is 8.33. The first-order valence-corrected chi connectivity index (χ1v) is 9.41. The van der Waals surface area contributed by atoms with Crippen LogP contribution in [0.15, 0.2) is 22.7 Å². The molecule has 0 spiro atoms. The van der Waals surface area contributed by atoms with Gasteiger partial charge in [0.2, 0.25) is 5.91 Å². The Morgan fingerprint density at radius 2 is 2.00 bits per heavy atom. The molecule has 1 fully saturated rings. The zero-order chi connectivity index (χ0) is 19.4. The quantitative estimate of drug-likeness (QED) is 0.838. The summed E-state index contributed by atoms with van der Waals surface area (Å²) < 4.78 is 5.39. The largest absolute Gasteiger partial charge is 0.481 e. The van der Waals surface area contributed by atoms with Crippen molar-refractivity contribution in [1.29, 1.82) is 0 Å². The number of piperidine rings is 1. The number of likely N-dealkylation sites (tertiary alicyclic amines) is 1. The smallest absolute Gasteiger partial charge is 0.303 e. The van der Waals surface area contributed by atoms with E-state index in [-0.39, 0.29) is 18.7 Å². The van der Waals surface area contributed by atoms with Crippen molar-refractivity contribution in [3.05, 3.63) is 35.3 Å². The van der Waals surface area contributed by atoms with Gasteiger partial charge in [0.15, 0.2) is 0 Å². The molecule has 144 valence electrons. The number of carboxylic acids is 1. The highest BCUT2D eigenvalue weighted by Gasteiger charge is 2.25. The van der Waals surface area contributed by atoms with E-state index in [2.05, 4.69) is 5.16 Å². The van der Waals surface area contributed by atoms with E-state index >= 15 is 0 Å². The van der Waals surface area contributed by atoms with Gasteiger partial charge in [-0.05, 0) is 31.9 Å². The minimum Gasteiger partial charge on any atom is -0.481 e. The molecule has 3 rings (SSSR count). The van der Waals surface area contributed by atoms with Crippen LogP contribution in [-0.2, 0) is 16.0 Å². The Morgan fingerprint density at radius 1 is 1.26 bits per heavy atom. The maximum absolute atomic E-state index is 12.1. The van der Waals surface area contributed by atoms with Gasteiger partial charge in [-0.3, -0.25) is 14.6 Å². The minimum absolute atomic E-state index is 0.0697. The van der Waals surface area contributed by atoms with Crippen LogP contribution in [0.5, 0.6) is 0 Å². The predicted molar refractivity (Wildman–Crippen MR) is 99.3 cm³/mol. The van der Waals surface area contributed by atoms with Crippen molar-refractivity contribution in [3.8, 4) is 11.3 Å². The van der Waals surface area contributed by atoms with Crippen LogP contribution in [-0.4, -0.2) is 45.1 Å². The molecule has 0 aliphatic carbocycles. The molecule has 27 heavy (non-hydrogen) atoms. The lowest BCUT2D eigenvalue weighted by Gasteiger charge is -2.32. The first-order valence-electron chi connectivity index (χ1n) is 9.41. The van der Waals surface area contributed by atoms with Crippen LogP contribution in [0.2, 0.25) is 0 Å². The average molecular weight is 371 g/mol. The summed E-state index contributed by atoms with van der Waals surface area (Å²) in [5.41, 5.74) is 3.71. The van der Waals surface area contributed by atoms with Gasteiger partial charge in [0.05, 0.1) is 23.4 Å². The van der Waals surface area contributed by atoms with Crippen LogP contribution in [0.25, 0.3) is 11.3 Å². The molecule has 0 radical (unpaired) electrons. The highest BCUT2D eigenvalue weighted by atomic mass is 16.5. The van der Waals surface area contributed by atoms with Crippen molar-refractivity contribution in [1.82, 2.24) is 15.0 Å². The maximum Gasteiger partial charge on any atom is 0.303 e. The number of amides is 1. The van der Waals surface area contributed by atoms with E-state index in [0.29, 0.717) is 19.0 Å². The zero-order valence-corrected chi connectivity index (χ0v) is 15.8. The first kappa shape index (κ1) is 19.1. The van der Waals surface area contributed by atoms with Gasteiger partial charge in [0.1, 0.15) is 5.76 Å². The lowest BCUT2D eigenvalue weighted by atomic mass is 9.92. The van der Waals surface area contributed by atoms with Gasteiger partial charge in [0.25, 0.3) is 0 Å². The van der Waals surface area contributed by atoms with Crippen LogP contribution in [0.1, 0.15) is 55.7 Å². The Labute approximate surface area is 158 Å². The molecule has 1 saturated heterocycles. The summed E-state index contributed by atoms with van der Waals surface area (Å²) in [6.07, 6.45) is 2.39. The number of rotatable bonds is 6. The number of carboxylic acid groups (broad SMARTS) is 1. The summed E-state index contributed by atoms with van der Waals surface area (Å²) in [7, 11) is 0. The number of aromatic nitrogens is 2. The van der Waals surface area contributed by atoms with Gasteiger partial charge in [0, 0.05) is 37.5 Å². The van der Waals surface area contributed by atoms with Gasteiger partial charge in [-0.1, -0.05) is 18.1 Å². The summed E-state index contributed by atoms with van der Waals surface area (Å²) in [5, 5.41) is 12.8. The number of nitrogens with zero attached hydrogens (tertiary/aromatic N) is 3. The normalized spacial score (nSPS) is 15.1. The van der Waals surface area contributed by atoms with Crippen LogP contribution < -0.4 is 0 Å². The molecule has 0 atom stereocenters. The summed E-state index contributed by atoms with van der Waals surface area (Å²) in [6.45, 7) is 5.24. The fourth-order valence-corrected chi connectivity index (χ4v) is 3.60. The van der Waals surface area contributed by atoms with Crippen molar-refractivity contribution < 1.29 is 19.2 Å². The molecular formula is C20H25N3O4. The molecule has 7 nitrogen and oxygen atoms in total. The Kier molecular flexibility index (Phi) is 5.88. The third-order valence-electron chi connectivity index (χ3n) is 5.10. The topological polar surface area (TPSA) is 96.5 Å². The van der Waals surface area contributed by atoms with Crippen LogP contribution in [0, 0.1) is 6.92 Å². The van der Waals surface area contributed by atoms with Gasteiger partial charge >= 0.3 is 5.97 Å². The Balaban J connectivity index is 1.68. The average Bonchev–Trinajstić information content (AvgIpc) is 3.07. The SMILES string of the molecule is CCc1onc(C)c1-c1cccc(C2CCN(C(=O)CCC(=O)O)CC2)n1. The predicted octanol–water partition coefficient (Wildman–Crippen LogP) is 3.18. The fraction of sp³-hybridized carbons (Fsp3) is 0.500. The Morgan fingerprint density at radius 3 is 2.67 bits per heavy atom. The Hall–Kier alpha value is -2.70. The van der Waals surface area contributed by atoms with E-state index < -0.39 is 5.97 Å². The fourth-order valence-electron chi connectivity index (χ4n) is 3.60. The van der Waals surface area contributed by atoms with Gasteiger partial charge in [-0.15, -0.1) is 0 Å². The number of hydrogen-bond donors (Lipinski definition) is 1. The molecule has 0 aromatic carbocycles. The molecule has 0 bridgehead atoms. The standard InChI is InChI=1S/C20H25N3O4/c1-3-17-20(13(2)22-27-17)16-6-4-5-15(21-16)14-9-11-23(12-10-14)18(24)7-8-19(25)26/h4-6,14H,3,7-12H2,1-2H3,(H,25,26). The van der Waals surface area contributed by atoms with E-state index in [4.69, 9.17) is 14.6 Å². The molecule has 0 saturated carbocycles. The molecule has 7 heteroatoms. The van der Waals surface area contributed by atoms with E-state index in [0.717, 1.165) is 47.7 Å². The van der Waals surface area contributed by atoms with E-state index in [1.807, 2.05) is 32.0 Å². The molecule has 2 aromatic rings. The number of pyridine rings is 1. The molecule has 2 aromatic heterocycles. The number of carbonyl (C=O) groups is 2. The minimum atomic E-state index is -0.935. The number of carbonyl (C=O) groups excluding carboxylic acids is 1. The van der Waals surface area contributed by atoms with Crippen molar-refractivity contribution in [2.24, 2.45) is 0 Å². The molecule has 1 aliphatic rings. The molecular weight excluding hydrogens is 346 g/mol. The van der Waals surface area contributed by atoms with Crippen molar-refractivity contribution in [2.45, 2.75) is 51.9 Å². The first-order chi connectivity index (χ1) is 13.0. The second-order valence-corrected chi connectivity index (χ2v) is 6.92. The summed E-state index contributed by atoms with van der Waals surface area (Å²) in [4.78, 5) is 29.3. The van der Waals surface area contributed by atoms with E-state index in [1.54, 1.807) is 4.90 Å². The van der Waals surface area contributed by atoms with Crippen molar-refractivity contribution in [3.63, 3.8) is 0 Å². The van der Waals surface area contributed by atoms with E-state index in [9.17, 15) is 9.59 Å². The molecule has 1 aliphatic heterocycles. The van der Waals surface area contributed by atoms with Crippen molar-refractivity contribution in [2.75, 3.05) is 13.1 Å². The highest BCUT2D eigenvalue weighted by molar-refractivity contribution is 5.80. The summed E-state index contributed by atoms with van der Waals surface area (Å²) in [6, 6.07) is 6.02. The molecule has 1 N–H and O–H groups in total. The summed E-state index contributed by atoms with van der Waals surface area (Å²) >= 11 is 0. The Bertz CT molecular complexity index is 822. The lowest BCUT2D eigenvalue weighted by Crippen LogP contribution is -2.38. The van der Waals surface area contributed by atoms with Gasteiger partial charge in [-0.25, -0.2) is 0 Å². The lowest BCUT2D eigenvalue weighted by molar-refractivity contribution is -0.141. The summed E-state index contributed by atoms with van der Waals surface area (Å²) in [5.74, 6) is 0.120. The highest BCUT2D eigenvalue weighted by Crippen LogP contribution is 2.31. The number of aliphatic carboxylic acids is 1. The second-order valence-electron chi connectivity index (χ2n) is 6.92. The molecule has 1 amide bonds. The van der Waals surface area contributed by atoms with Crippen LogP contribution in [0.3, 0.4) is 0 Å². The number of hydrogen-bond acceptors (Lipinski definition) is 5. The number of aryl methyl sites for hydroxylation is 2. The van der Waals surface area contributed by atoms with Crippen LogP contribution in [0.4, 0.5) is 0 Å². The monoisotopic (exact) mass is 371 g/mol. The third kappa shape index (κ3) is 4.35. The van der Waals surface area contributed by atoms with E-state index in [1.165, 1.54) is 0 Å².